The van der Waals surface area contributed by atoms with Gasteiger partial charge in [0.05, 0.1) is 5.69 Å². The van der Waals surface area contributed by atoms with Gasteiger partial charge < -0.3 is 20.1 Å². The van der Waals surface area contributed by atoms with Crippen molar-refractivity contribution in [2.75, 3.05) is 39.3 Å². The Labute approximate surface area is 113 Å². The summed E-state index contributed by atoms with van der Waals surface area (Å²) in [6.07, 6.45) is 0.967. The van der Waals surface area contributed by atoms with E-state index in [-0.39, 0.29) is 5.91 Å². The van der Waals surface area contributed by atoms with Crippen molar-refractivity contribution in [3.8, 4) is 0 Å². The van der Waals surface area contributed by atoms with E-state index in [1.165, 1.54) is 0 Å². The van der Waals surface area contributed by atoms with Gasteiger partial charge in [-0.25, -0.2) is 0 Å². The van der Waals surface area contributed by atoms with E-state index in [1.54, 1.807) is 13.8 Å². The van der Waals surface area contributed by atoms with Gasteiger partial charge in [-0.2, -0.15) is 0 Å². The maximum absolute atomic E-state index is 12.0. The molecule has 106 valence electrons. The van der Waals surface area contributed by atoms with E-state index in [9.17, 15) is 4.79 Å². The molecule has 0 aliphatic carbocycles. The molecule has 1 aliphatic heterocycles. The highest BCUT2D eigenvalue weighted by atomic mass is 16.5. The lowest BCUT2D eigenvalue weighted by Gasteiger charge is -2.27. The largest absolute Gasteiger partial charge is 0.361 e. The molecule has 1 amide bonds. The van der Waals surface area contributed by atoms with Crippen molar-refractivity contribution in [2.24, 2.45) is 0 Å². The van der Waals surface area contributed by atoms with Gasteiger partial charge in [0.15, 0.2) is 0 Å². The summed E-state index contributed by atoms with van der Waals surface area (Å²) >= 11 is 0. The molecule has 1 saturated heterocycles. The molecule has 19 heavy (non-hydrogen) atoms. The van der Waals surface area contributed by atoms with Gasteiger partial charge >= 0.3 is 0 Å². The quantitative estimate of drug-likeness (QED) is 0.751. The molecular formula is C13H22N4O2. The summed E-state index contributed by atoms with van der Waals surface area (Å²) < 4.78 is 4.99. The van der Waals surface area contributed by atoms with Crippen molar-refractivity contribution in [3.05, 3.63) is 17.0 Å². The summed E-state index contributed by atoms with van der Waals surface area (Å²) in [5.74, 6) is 0.494. The molecule has 1 aliphatic rings. The van der Waals surface area contributed by atoms with Crippen LogP contribution in [0.3, 0.4) is 0 Å². The topological polar surface area (TPSA) is 70.4 Å². The van der Waals surface area contributed by atoms with Crippen LogP contribution < -0.4 is 10.6 Å². The van der Waals surface area contributed by atoms with Crippen molar-refractivity contribution >= 4 is 5.91 Å². The van der Waals surface area contributed by atoms with E-state index in [1.807, 2.05) is 0 Å². The molecule has 0 saturated carbocycles. The molecule has 1 aromatic heterocycles. The molecule has 1 aromatic rings. The van der Waals surface area contributed by atoms with E-state index in [0.717, 1.165) is 39.1 Å². The number of aryl methyl sites for hydroxylation is 2. The molecule has 0 radical (unpaired) electrons. The third-order valence-corrected chi connectivity index (χ3v) is 3.41. The maximum Gasteiger partial charge on any atom is 0.256 e. The lowest BCUT2D eigenvalue weighted by atomic mass is 10.2. The van der Waals surface area contributed by atoms with Crippen LogP contribution in [-0.4, -0.2) is 55.2 Å². The minimum absolute atomic E-state index is 0.0865. The number of carbonyl (C=O) groups is 1. The van der Waals surface area contributed by atoms with Crippen LogP contribution in [0.4, 0.5) is 0 Å². The number of nitrogens with one attached hydrogen (secondary N) is 2. The molecule has 0 atom stereocenters. The summed E-state index contributed by atoms with van der Waals surface area (Å²) in [5.41, 5.74) is 1.22. The first-order valence-corrected chi connectivity index (χ1v) is 6.82. The molecule has 6 nitrogen and oxygen atoms in total. The first-order valence-electron chi connectivity index (χ1n) is 6.82. The number of rotatable bonds is 5. The van der Waals surface area contributed by atoms with Crippen molar-refractivity contribution in [2.45, 2.75) is 20.3 Å². The summed E-state index contributed by atoms with van der Waals surface area (Å²) in [6, 6.07) is 0. The number of amides is 1. The molecule has 6 heteroatoms. The Morgan fingerprint density at radius 1 is 1.42 bits per heavy atom. The van der Waals surface area contributed by atoms with E-state index in [2.05, 4.69) is 20.7 Å². The van der Waals surface area contributed by atoms with Crippen LogP contribution in [0.15, 0.2) is 4.52 Å². The normalized spacial score (nSPS) is 16.5. The zero-order chi connectivity index (χ0) is 13.7. The highest BCUT2D eigenvalue weighted by Crippen LogP contribution is 2.11. The fourth-order valence-electron chi connectivity index (χ4n) is 2.33. The third-order valence-electron chi connectivity index (χ3n) is 3.41. The Hall–Kier alpha value is -1.40. The van der Waals surface area contributed by atoms with Gasteiger partial charge in [0.25, 0.3) is 5.91 Å². The van der Waals surface area contributed by atoms with Crippen LogP contribution in [0.25, 0.3) is 0 Å². The van der Waals surface area contributed by atoms with E-state index in [4.69, 9.17) is 4.52 Å². The SMILES string of the molecule is Cc1noc(C)c1C(=O)NCCCN1CCNCC1. The Morgan fingerprint density at radius 2 is 2.16 bits per heavy atom. The summed E-state index contributed by atoms with van der Waals surface area (Å²) in [4.78, 5) is 14.4. The molecule has 0 unspecified atom stereocenters. The first kappa shape index (κ1) is 14.0. The van der Waals surface area contributed by atoms with Crippen LogP contribution >= 0.6 is 0 Å². The molecule has 2 heterocycles. The summed E-state index contributed by atoms with van der Waals surface area (Å²) in [5, 5.41) is 10.0. The van der Waals surface area contributed by atoms with Gasteiger partial charge in [0.2, 0.25) is 0 Å². The van der Waals surface area contributed by atoms with Crippen molar-refractivity contribution in [1.29, 1.82) is 0 Å². The maximum atomic E-state index is 12.0. The average molecular weight is 266 g/mol. The molecule has 0 spiro atoms. The second kappa shape index (κ2) is 6.68. The van der Waals surface area contributed by atoms with Crippen LogP contribution in [-0.2, 0) is 0 Å². The highest BCUT2D eigenvalue weighted by Gasteiger charge is 2.16. The Balaban J connectivity index is 1.69. The summed E-state index contributed by atoms with van der Waals surface area (Å²) in [6.45, 7) is 9.57. The average Bonchev–Trinajstić information content (AvgIpc) is 2.75. The van der Waals surface area contributed by atoms with Crippen molar-refractivity contribution < 1.29 is 9.32 Å². The number of hydrogen-bond acceptors (Lipinski definition) is 5. The minimum Gasteiger partial charge on any atom is -0.361 e. The van der Waals surface area contributed by atoms with Crippen LogP contribution in [0.5, 0.6) is 0 Å². The van der Waals surface area contributed by atoms with Gasteiger partial charge in [-0.15, -0.1) is 0 Å². The standard InChI is InChI=1S/C13H22N4O2/c1-10-12(11(2)19-16-10)13(18)15-4-3-7-17-8-5-14-6-9-17/h14H,3-9H2,1-2H3,(H,15,18). The predicted octanol–water partition coefficient (Wildman–Crippen LogP) is 0.317. The Bertz CT molecular complexity index is 405. The van der Waals surface area contributed by atoms with Crippen molar-refractivity contribution in [3.63, 3.8) is 0 Å². The molecule has 2 N–H and O–H groups in total. The second-order valence-electron chi connectivity index (χ2n) is 4.90. The van der Waals surface area contributed by atoms with Crippen LogP contribution in [0, 0.1) is 13.8 Å². The second-order valence-corrected chi connectivity index (χ2v) is 4.90. The number of piperazine rings is 1. The monoisotopic (exact) mass is 266 g/mol. The molecular weight excluding hydrogens is 244 g/mol. The fraction of sp³-hybridized carbons (Fsp3) is 0.692. The smallest absolute Gasteiger partial charge is 0.256 e. The summed E-state index contributed by atoms with van der Waals surface area (Å²) in [7, 11) is 0. The van der Waals surface area contributed by atoms with Gasteiger partial charge in [0.1, 0.15) is 11.3 Å². The zero-order valence-corrected chi connectivity index (χ0v) is 11.7. The minimum atomic E-state index is -0.0865. The predicted molar refractivity (Wildman–Crippen MR) is 72.2 cm³/mol. The zero-order valence-electron chi connectivity index (χ0n) is 11.7. The molecule has 2 rings (SSSR count). The molecule has 0 aromatic carbocycles. The third kappa shape index (κ3) is 3.78. The first-order chi connectivity index (χ1) is 9.18. The Kier molecular flexibility index (Phi) is 4.93. The highest BCUT2D eigenvalue weighted by molar-refractivity contribution is 5.96. The van der Waals surface area contributed by atoms with Gasteiger partial charge in [-0.05, 0) is 26.8 Å². The van der Waals surface area contributed by atoms with Gasteiger partial charge in [0, 0.05) is 32.7 Å². The van der Waals surface area contributed by atoms with Gasteiger partial charge in [-0.1, -0.05) is 5.16 Å². The van der Waals surface area contributed by atoms with Gasteiger partial charge in [-0.3, -0.25) is 4.79 Å². The van der Waals surface area contributed by atoms with Crippen LogP contribution in [0.2, 0.25) is 0 Å². The fourth-order valence-corrected chi connectivity index (χ4v) is 2.33. The van der Waals surface area contributed by atoms with E-state index < -0.39 is 0 Å². The van der Waals surface area contributed by atoms with Crippen LogP contribution in [0.1, 0.15) is 28.2 Å². The molecule has 0 bridgehead atoms. The lowest BCUT2D eigenvalue weighted by molar-refractivity contribution is 0.0949. The lowest BCUT2D eigenvalue weighted by Crippen LogP contribution is -2.44. The number of aromatic nitrogens is 1. The van der Waals surface area contributed by atoms with Crippen molar-refractivity contribution in [1.82, 2.24) is 20.7 Å². The number of carbonyl (C=O) groups excluding carboxylic acids is 1. The number of hydrogen-bond donors (Lipinski definition) is 2. The molecule has 1 fully saturated rings. The Morgan fingerprint density at radius 3 is 2.79 bits per heavy atom. The van der Waals surface area contributed by atoms with E-state index in [0.29, 0.717) is 23.6 Å². The number of nitrogens with zero attached hydrogens (tertiary/aromatic N) is 2. The van der Waals surface area contributed by atoms with E-state index >= 15 is 0 Å².